The maximum atomic E-state index is 11.7. The molecule has 1 amide bonds. The van der Waals surface area contributed by atoms with Crippen LogP contribution in [0.5, 0.6) is 0 Å². The number of sulfonamides is 1. The van der Waals surface area contributed by atoms with E-state index >= 15 is 0 Å². The highest BCUT2D eigenvalue weighted by Gasteiger charge is 2.06. The summed E-state index contributed by atoms with van der Waals surface area (Å²) in [7, 11) is -3.66. The Labute approximate surface area is 154 Å². The zero-order valence-electron chi connectivity index (χ0n) is 14.7. The third-order valence-corrected chi connectivity index (χ3v) is 4.71. The fourth-order valence-electron chi connectivity index (χ4n) is 2.31. The maximum Gasteiger partial charge on any atom is 0.238 e. The summed E-state index contributed by atoms with van der Waals surface area (Å²) >= 11 is 0. The van der Waals surface area contributed by atoms with Gasteiger partial charge in [0.1, 0.15) is 5.82 Å². The van der Waals surface area contributed by atoms with Crippen LogP contribution in [0.25, 0.3) is 0 Å². The number of aromatic nitrogens is 1. The predicted molar refractivity (Wildman–Crippen MR) is 102 cm³/mol. The molecule has 0 aliphatic carbocycles. The summed E-state index contributed by atoms with van der Waals surface area (Å²) in [5.41, 5.74) is 1.84. The molecule has 8 heteroatoms. The van der Waals surface area contributed by atoms with Crippen molar-refractivity contribution in [1.82, 2.24) is 4.98 Å². The van der Waals surface area contributed by atoms with Crippen LogP contribution in [0.4, 0.5) is 11.5 Å². The first-order chi connectivity index (χ1) is 12.4. The van der Waals surface area contributed by atoms with Gasteiger partial charge in [-0.05, 0) is 42.7 Å². The average Bonchev–Trinajstić information content (AvgIpc) is 2.61. The van der Waals surface area contributed by atoms with Crippen LogP contribution in [0, 0.1) is 0 Å². The van der Waals surface area contributed by atoms with Gasteiger partial charge in [0.15, 0.2) is 0 Å². The Hall–Kier alpha value is -2.45. The molecule has 140 valence electrons. The molecule has 0 unspecified atom stereocenters. The van der Waals surface area contributed by atoms with Crippen molar-refractivity contribution in [3.8, 4) is 0 Å². The van der Waals surface area contributed by atoms with Gasteiger partial charge in [-0.2, -0.15) is 0 Å². The molecule has 0 fully saturated rings. The second-order valence-corrected chi connectivity index (χ2v) is 7.51. The highest BCUT2D eigenvalue weighted by atomic mass is 32.2. The summed E-state index contributed by atoms with van der Waals surface area (Å²) in [6, 6.07) is 10.1. The zero-order chi connectivity index (χ0) is 19.0. The van der Waals surface area contributed by atoms with Gasteiger partial charge in [0.05, 0.1) is 16.8 Å². The number of unbranched alkanes of at least 4 members (excludes halogenated alkanes) is 1. The number of primary sulfonamides is 1. The van der Waals surface area contributed by atoms with Gasteiger partial charge in [0.2, 0.25) is 15.9 Å². The lowest BCUT2D eigenvalue weighted by atomic mass is 10.1. The Bertz CT molecular complexity index is 819. The third-order valence-electron chi connectivity index (χ3n) is 3.78. The minimum Gasteiger partial charge on any atom is -0.383 e. The first kappa shape index (κ1) is 19.9. The highest BCUT2D eigenvalue weighted by Crippen LogP contribution is 2.12. The molecular weight excluding hydrogens is 352 g/mol. The van der Waals surface area contributed by atoms with Gasteiger partial charge in [0.25, 0.3) is 0 Å². The van der Waals surface area contributed by atoms with Crippen LogP contribution in [-0.4, -0.2) is 25.9 Å². The number of nitrogens with one attached hydrogen (secondary N) is 2. The summed E-state index contributed by atoms with van der Waals surface area (Å²) in [5.74, 6) is 0.512. The van der Waals surface area contributed by atoms with E-state index in [2.05, 4.69) is 15.6 Å². The molecular formula is C18H24N4O3S. The Balaban J connectivity index is 1.80. The van der Waals surface area contributed by atoms with Crippen molar-refractivity contribution in [1.29, 1.82) is 0 Å². The van der Waals surface area contributed by atoms with Crippen LogP contribution in [-0.2, 0) is 21.2 Å². The van der Waals surface area contributed by atoms with Crippen LogP contribution in [0.1, 0.15) is 31.7 Å². The number of hydrogen-bond donors (Lipinski definition) is 3. The average molecular weight is 376 g/mol. The molecule has 0 saturated heterocycles. The Kier molecular flexibility index (Phi) is 7.11. The van der Waals surface area contributed by atoms with E-state index in [4.69, 9.17) is 5.14 Å². The van der Waals surface area contributed by atoms with E-state index in [-0.39, 0.29) is 10.8 Å². The molecule has 0 aliphatic rings. The number of pyridine rings is 1. The van der Waals surface area contributed by atoms with Crippen molar-refractivity contribution < 1.29 is 13.2 Å². The number of benzene rings is 1. The van der Waals surface area contributed by atoms with Crippen molar-refractivity contribution in [2.75, 3.05) is 17.2 Å². The van der Waals surface area contributed by atoms with E-state index in [1.54, 1.807) is 24.4 Å². The number of rotatable bonds is 9. The molecule has 26 heavy (non-hydrogen) atoms. The summed E-state index contributed by atoms with van der Waals surface area (Å²) < 4.78 is 22.4. The lowest BCUT2D eigenvalue weighted by Crippen LogP contribution is -2.12. The van der Waals surface area contributed by atoms with E-state index < -0.39 is 10.0 Å². The van der Waals surface area contributed by atoms with E-state index in [1.807, 2.05) is 13.0 Å². The minimum atomic E-state index is -3.66. The topological polar surface area (TPSA) is 114 Å². The molecule has 7 nitrogen and oxygen atoms in total. The summed E-state index contributed by atoms with van der Waals surface area (Å²) in [4.78, 5) is 16.0. The van der Waals surface area contributed by atoms with Crippen molar-refractivity contribution >= 4 is 27.4 Å². The Morgan fingerprint density at radius 3 is 2.46 bits per heavy atom. The molecule has 2 rings (SSSR count). The molecule has 2 aromatic rings. The Morgan fingerprint density at radius 2 is 1.88 bits per heavy atom. The van der Waals surface area contributed by atoms with Gasteiger partial charge in [-0.1, -0.05) is 25.5 Å². The van der Waals surface area contributed by atoms with Crippen LogP contribution in [0.15, 0.2) is 47.5 Å². The molecule has 1 aromatic heterocycles. The molecule has 0 radical (unpaired) electrons. The number of carbonyl (C=O) groups excluding carboxylic acids is 1. The molecule has 0 saturated carbocycles. The van der Waals surface area contributed by atoms with Gasteiger partial charge in [-0.25, -0.2) is 18.5 Å². The van der Waals surface area contributed by atoms with E-state index in [0.717, 1.165) is 30.5 Å². The van der Waals surface area contributed by atoms with Crippen molar-refractivity contribution in [2.45, 2.75) is 37.5 Å². The van der Waals surface area contributed by atoms with Crippen LogP contribution >= 0.6 is 0 Å². The molecule has 0 bridgehead atoms. The minimum absolute atomic E-state index is 0.0250. The lowest BCUT2D eigenvalue weighted by Gasteiger charge is -2.08. The summed E-state index contributed by atoms with van der Waals surface area (Å²) in [6.45, 7) is 2.71. The number of nitrogens with two attached hydrogens (primary N) is 1. The van der Waals surface area contributed by atoms with Gasteiger partial charge in [-0.3, -0.25) is 4.79 Å². The predicted octanol–water partition coefficient (Wildman–Crippen LogP) is 2.51. The Morgan fingerprint density at radius 1 is 1.15 bits per heavy atom. The standard InChI is InChI=1S/C18H24N4O3S/c1-2-3-4-18(23)22-17-10-7-15(13-21-17)20-12-11-14-5-8-16(9-6-14)26(19,24)25/h5-10,13,20H,2-4,11-12H2,1H3,(H2,19,24,25)(H,21,22,23). The molecule has 1 aromatic carbocycles. The number of carbonyl (C=O) groups is 1. The normalized spacial score (nSPS) is 11.2. The van der Waals surface area contributed by atoms with Crippen LogP contribution in [0.3, 0.4) is 0 Å². The molecule has 0 atom stereocenters. The van der Waals surface area contributed by atoms with Crippen molar-refractivity contribution in [2.24, 2.45) is 5.14 Å². The molecule has 0 aliphatic heterocycles. The van der Waals surface area contributed by atoms with Gasteiger partial charge in [0, 0.05) is 13.0 Å². The SMILES string of the molecule is CCCCC(=O)Nc1ccc(NCCc2ccc(S(N)(=O)=O)cc2)cn1. The largest absolute Gasteiger partial charge is 0.383 e. The van der Waals surface area contributed by atoms with E-state index in [9.17, 15) is 13.2 Å². The number of amides is 1. The fourth-order valence-corrected chi connectivity index (χ4v) is 2.83. The molecule has 0 spiro atoms. The zero-order valence-corrected chi connectivity index (χ0v) is 15.6. The van der Waals surface area contributed by atoms with Crippen LogP contribution in [0.2, 0.25) is 0 Å². The third kappa shape index (κ3) is 6.45. The number of hydrogen-bond acceptors (Lipinski definition) is 5. The van der Waals surface area contributed by atoms with E-state index in [0.29, 0.717) is 18.8 Å². The number of nitrogens with zero attached hydrogens (tertiary/aromatic N) is 1. The second-order valence-electron chi connectivity index (χ2n) is 5.95. The number of anilines is 2. The molecule has 4 N–H and O–H groups in total. The monoisotopic (exact) mass is 376 g/mol. The van der Waals surface area contributed by atoms with Crippen molar-refractivity contribution in [3.05, 3.63) is 48.2 Å². The highest BCUT2D eigenvalue weighted by molar-refractivity contribution is 7.89. The quantitative estimate of drug-likeness (QED) is 0.622. The molecule has 1 heterocycles. The summed E-state index contributed by atoms with van der Waals surface area (Å²) in [6.07, 6.45) is 4.74. The van der Waals surface area contributed by atoms with Gasteiger partial charge >= 0.3 is 0 Å². The summed E-state index contributed by atoms with van der Waals surface area (Å²) in [5, 5.41) is 11.1. The fraction of sp³-hybridized carbons (Fsp3) is 0.333. The van der Waals surface area contributed by atoms with Gasteiger partial charge < -0.3 is 10.6 Å². The second kappa shape index (κ2) is 9.30. The lowest BCUT2D eigenvalue weighted by molar-refractivity contribution is -0.116. The first-order valence-electron chi connectivity index (χ1n) is 8.50. The van der Waals surface area contributed by atoms with E-state index in [1.165, 1.54) is 12.1 Å². The maximum absolute atomic E-state index is 11.7. The van der Waals surface area contributed by atoms with Gasteiger partial charge in [-0.15, -0.1) is 0 Å². The van der Waals surface area contributed by atoms with Crippen molar-refractivity contribution in [3.63, 3.8) is 0 Å². The smallest absolute Gasteiger partial charge is 0.238 e. The first-order valence-corrected chi connectivity index (χ1v) is 10.0. The van der Waals surface area contributed by atoms with Crippen LogP contribution < -0.4 is 15.8 Å².